The van der Waals surface area contributed by atoms with E-state index in [0.717, 1.165) is 5.56 Å². The van der Waals surface area contributed by atoms with Gasteiger partial charge in [0.1, 0.15) is 0 Å². The highest BCUT2D eigenvalue weighted by molar-refractivity contribution is 5.87. The van der Waals surface area contributed by atoms with Gasteiger partial charge < -0.3 is 10.4 Å². The van der Waals surface area contributed by atoms with Gasteiger partial charge in [-0.1, -0.05) is 12.1 Å². The standard InChI is InChI=1S/C10H13NO2/c1-7(11-2)8-3-5-9(6-4-8)10(12)13/h3-7,11H,1-2H3,(H,12,13)/t7-/m1/s1. The van der Waals surface area contributed by atoms with Crippen molar-refractivity contribution in [2.24, 2.45) is 0 Å². The van der Waals surface area contributed by atoms with Crippen LogP contribution in [-0.2, 0) is 0 Å². The van der Waals surface area contributed by atoms with E-state index in [9.17, 15) is 4.79 Å². The Balaban J connectivity index is 2.87. The molecule has 0 unspecified atom stereocenters. The van der Waals surface area contributed by atoms with E-state index in [2.05, 4.69) is 5.32 Å². The Bertz CT molecular complexity index is 292. The summed E-state index contributed by atoms with van der Waals surface area (Å²) in [7, 11) is 1.87. The molecule has 3 nitrogen and oxygen atoms in total. The molecular weight excluding hydrogens is 166 g/mol. The van der Waals surface area contributed by atoms with Crippen LogP contribution in [0.25, 0.3) is 0 Å². The third kappa shape index (κ3) is 2.29. The highest BCUT2D eigenvalue weighted by Gasteiger charge is 2.04. The molecule has 2 N–H and O–H groups in total. The van der Waals surface area contributed by atoms with Crippen LogP contribution in [0.15, 0.2) is 24.3 Å². The van der Waals surface area contributed by atoms with Crippen molar-refractivity contribution in [2.45, 2.75) is 13.0 Å². The van der Waals surface area contributed by atoms with E-state index >= 15 is 0 Å². The fraction of sp³-hybridized carbons (Fsp3) is 0.300. The van der Waals surface area contributed by atoms with Crippen molar-refractivity contribution in [1.29, 1.82) is 0 Å². The Labute approximate surface area is 77.4 Å². The Morgan fingerprint density at radius 3 is 2.31 bits per heavy atom. The zero-order valence-corrected chi connectivity index (χ0v) is 7.74. The van der Waals surface area contributed by atoms with Crippen LogP contribution < -0.4 is 5.32 Å². The summed E-state index contributed by atoms with van der Waals surface area (Å²) in [6.07, 6.45) is 0. The molecular formula is C10H13NO2. The van der Waals surface area contributed by atoms with Crippen LogP contribution in [0, 0.1) is 0 Å². The normalized spacial score (nSPS) is 12.5. The Morgan fingerprint density at radius 2 is 1.92 bits per heavy atom. The number of carbonyl (C=O) groups is 1. The van der Waals surface area contributed by atoms with E-state index in [1.54, 1.807) is 12.1 Å². The van der Waals surface area contributed by atoms with Crippen molar-refractivity contribution in [3.05, 3.63) is 35.4 Å². The molecule has 1 aromatic rings. The van der Waals surface area contributed by atoms with Gasteiger partial charge in [-0.05, 0) is 31.7 Å². The summed E-state index contributed by atoms with van der Waals surface area (Å²) in [6, 6.07) is 7.13. The largest absolute Gasteiger partial charge is 0.478 e. The average molecular weight is 179 g/mol. The summed E-state index contributed by atoms with van der Waals surface area (Å²) in [5, 5.41) is 11.7. The van der Waals surface area contributed by atoms with Crippen molar-refractivity contribution in [3.8, 4) is 0 Å². The maximum Gasteiger partial charge on any atom is 0.335 e. The molecule has 0 radical (unpaired) electrons. The highest BCUT2D eigenvalue weighted by atomic mass is 16.4. The molecule has 0 aliphatic heterocycles. The molecule has 1 rings (SSSR count). The molecule has 0 saturated heterocycles. The minimum absolute atomic E-state index is 0.253. The first-order valence-corrected chi connectivity index (χ1v) is 4.15. The third-order valence-electron chi connectivity index (χ3n) is 2.09. The molecule has 3 heteroatoms. The minimum atomic E-state index is -0.885. The van der Waals surface area contributed by atoms with E-state index in [1.165, 1.54) is 0 Å². The van der Waals surface area contributed by atoms with Gasteiger partial charge in [0.25, 0.3) is 0 Å². The number of hydrogen-bond acceptors (Lipinski definition) is 2. The van der Waals surface area contributed by atoms with Crippen molar-refractivity contribution in [1.82, 2.24) is 5.32 Å². The highest BCUT2D eigenvalue weighted by Crippen LogP contribution is 2.12. The van der Waals surface area contributed by atoms with E-state index in [4.69, 9.17) is 5.11 Å². The molecule has 0 heterocycles. The average Bonchev–Trinajstić information content (AvgIpc) is 2.17. The maximum absolute atomic E-state index is 10.5. The predicted octanol–water partition coefficient (Wildman–Crippen LogP) is 1.67. The van der Waals surface area contributed by atoms with Gasteiger partial charge in [-0.2, -0.15) is 0 Å². The first kappa shape index (κ1) is 9.74. The molecule has 0 fully saturated rings. The second-order valence-corrected chi connectivity index (χ2v) is 2.94. The van der Waals surface area contributed by atoms with Crippen LogP contribution in [0.5, 0.6) is 0 Å². The first-order valence-electron chi connectivity index (χ1n) is 4.15. The Morgan fingerprint density at radius 1 is 1.38 bits per heavy atom. The number of benzene rings is 1. The van der Waals surface area contributed by atoms with Gasteiger partial charge in [0.05, 0.1) is 5.56 Å². The number of hydrogen-bond donors (Lipinski definition) is 2. The summed E-state index contributed by atoms with van der Waals surface area (Å²) < 4.78 is 0. The van der Waals surface area contributed by atoms with E-state index in [0.29, 0.717) is 5.56 Å². The Kier molecular flexibility index (Phi) is 3.03. The first-order chi connectivity index (χ1) is 6.15. The fourth-order valence-electron chi connectivity index (χ4n) is 1.08. The topological polar surface area (TPSA) is 49.3 Å². The number of nitrogens with one attached hydrogen (secondary N) is 1. The number of carboxylic acid groups (broad SMARTS) is 1. The van der Waals surface area contributed by atoms with Crippen molar-refractivity contribution >= 4 is 5.97 Å². The van der Waals surface area contributed by atoms with E-state index in [-0.39, 0.29) is 6.04 Å². The van der Waals surface area contributed by atoms with Crippen LogP contribution in [-0.4, -0.2) is 18.1 Å². The molecule has 70 valence electrons. The molecule has 0 aliphatic carbocycles. The zero-order chi connectivity index (χ0) is 9.84. The summed E-state index contributed by atoms with van der Waals surface area (Å²) >= 11 is 0. The van der Waals surface area contributed by atoms with Gasteiger partial charge in [0, 0.05) is 6.04 Å². The van der Waals surface area contributed by atoms with Crippen molar-refractivity contribution in [2.75, 3.05) is 7.05 Å². The lowest BCUT2D eigenvalue weighted by Gasteiger charge is -2.09. The summed E-state index contributed by atoms with van der Waals surface area (Å²) in [6.45, 7) is 2.02. The summed E-state index contributed by atoms with van der Waals surface area (Å²) in [4.78, 5) is 10.5. The molecule has 0 bridgehead atoms. The molecule has 0 spiro atoms. The molecule has 0 amide bonds. The van der Waals surface area contributed by atoms with Gasteiger partial charge >= 0.3 is 5.97 Å². The molecule has 0 saturated carbocycles. The molecule has 1 aromatic carbocycles. The van der Waals surface area contributed by atoms with Crippen LogP contribution in [0.3, 0.4) is 0 Å². The third-order valence-corrected chi connectivity index (χ3v) is 2.09. The molecule has 1 atom stereocenters. The van der Waals surface area contributed by atoms with Crippen LogP contribution in [0.4, 0.5) is 0 Å². The summed E-state index contributed by atoms with van der Waals surface area (Å²) in [5.41, 5.74) is 1.42. The summed E-state index contributed by atoms with van der Waals surface area (Å²) in [5.74, 6) is -0.885. The van der Waals surface area contributed by atoms with Gasteiger partial charge in [-0.3, -0.25) is 0 Å². The van der Waals surface area contributed by atoms with Crippen LogP contribution in [0.2, 0.25) is 0 Å². The lowest BCUT2D eigenvalue weighted by Crippen LogP contribution is -2.12. The molecule has 0 aromatic heterocycles. The van der Waals surface area contributed by atoms with Crippen molar-refractivity contribution < 1.29 is 9.90 Å². The van der Waals surface area contributed by atoms with Crippen LogP contribution in [0.1, 0.15) is 28.9 Å². The number of rotatable bonds is 3. The van der Waals surface area contributed by atoms with Crippen LogP contribution >= 0.6 is 0 Å². The van der Waals surface area contributed by atoms with Gasteiger partial charge in [0.2, 0.25) is 0 Å². The smallest absolute Gasteiger partial charge is 0.335 e. The lowest BCUT2D eigenvalue weighted by molar-refractivity contribution is 0.0697. The monoisotopic (exact) mass is 179 g/mol. The minimum Gasteiger partial charge on any atom is -0.478 e. The number of carboxylic acids is 1. The fourth-order valence-corrected chi connectivity index (χ4v) is 1.08. The van der Waals surface area contributed by atoms with Gasteiger partial charge in [-0.15, -0.1) is 0 Å². The van der Waals surface area contributed by atoms with E-state index < -0.39 is 5.97 Å². The number of aromatic carboxylic acids is 1. The SMILES string of the molecule is CN[C@H](C)c1ccc(C(=O)O)cc1. The second kappa shape index (κ2) is 4.05. The zero-order valence-electron chi connectivity index (χ0n) is 7.74. The Hall–Kier alpha value is -1.35. The quantitative estimate of drug-likeness (QED) is 0.742. The van der Waals surface area contributed by atoms with E-state index in [1.807, 2.05) is 26.1 Å². The maximum atomic E-state index is 10.5. The second-order valence-electron chi connectivity index (χ2n) is 2.94. The molecule has 13 heavy (non-hydrogen) atoms. The lowest BCUT2D eigenvalue weighted by atomic mass is 10.1. The van der Waals surface area contributed by atoms with Crippen molar-refractivity contribution in [3.63, 3.8) is 0 Å². The predicted molar refractivity (Wildman–Crippen MR) is 50.9 cm³/mol. The van der Waals surface area contributed by atoms with Gasteiger partial charge in [-0.25, -0.2) is 4.79 Å². The van der Waals surface area contributed by atoms with Gasteiger partial charge in [0.15, 0.2) is 0 Å². The molecule has 0 aliphatic rings.